The molecule has 0 unspecified atom stereocenters. The lowest BCUT2D eigenvalue weighted by Gasteiger charge is -1.98. The van der Waals surface area contributed by atoms with Crippen molar-refractivity contribution < 1.29 is 8.78 Å². The molecule has 10 heterocycles. The van der Waals surface area contributed by atoms with Gasteiger partial charge in [-0.1, -0.05) is 17.7 Å². The van der Waals surface area contributed by atoms with E-state index in [1.807, 2.05) is 119 Å². The average Bonchev–Trinajstić information content (AvgIpc) is 4.35. The summed E-state index contributed by atoms with van der Waals surface area (Å²) in [5.74, 6) is -0.423. The summed E-state index contributed by atoms with van der Waals surface area (Å²) in [7, 11) is 0. The molecule has 10 aromatic heterocycles. The maximum atomic E-state index is 13.4. The van der Waals surface area contributed by atoms with Crippen molar-refractivity contribution in [3.8, 4) is 0 Å². The van der Waals surface area contributed by atoms with Gasteiger partial charge >= 0.3 is 0 Å². The van der Waals surface area contributed by atoms with Crippen LogP contribution in [0.2, 0.25) is 0 Å². The van der Waals surface area contributed by atoms with Crippen molar-refractivity contribution in [1.29, 1.82) is 0 Å². The van der Waals surface area contributed by atoms with Crippen LogP contribution in [-0.2, 0) is 0 Å². The highest BCUT2D eigenvalue weighted by Crippen LogP contribution is 2.24. The van der Waals surface area contributed by atoms with Gasteiger partial charge in [0, 0.05) is 78.7 Å². The van der Waals surface area contributed by atoms with Crippen molar-refractivity contribution in [2.45, 2.75) is 104 Å². The van der Waals surface area contributed by atoms with Crippen LogP contribution in [0.5, 0.6) is 0 Å². The molecular formula is C61H67F2N17. The smallest absolute Gasteiger partial charge is 0.181 e. The molecule has 14 aromatic rings. The number of aryl methyl sites for hydroxylation is 15. The molecule has 0 spiro atoms. The molecule has 17 nitrogen and oxygen atoms in total. The molecule has 0 saturated heterocycles. The highest BCUT2D eigenvalue weighted by Gasteiger charge is 2.10. The third kappa shape index (κ3) is 13.1. The van der Waals surface area contributed by atoms with Crippen molar-refractivity contribution in [2.75, 3.05) is 0 Å². The minimum atomic E-state index is -0.255. The van der Waals surface area contributed by atoms with Crippen LogP contribution < -0.4 is 0 Å². The summed E-state index contributed by atoms with van der Waals surface area (Å²) in [6, 6.07) is 25.6. The molecule has 0 radical (unpaired) electrons. The second kappa shape index (κ2) is 24.4. The number of aromatic nitrogens is 17. The summed E-state index contributed by atoms with van der Waals surface area (Å²) >= 11 is 0. The van der Waals surface area contributed by atoms with E-state index in [-0.39, 0.29) is 11.6 Å². The normalized spacial score (nSPS) is 10.8. The van der Waals surface area contributed by atoms with Crippen LogP contribution in [0.1, 0.15) is 84.6 Å². The summed E-state index contributed by atoms with van der Waals surface area (Å²) in [6.07, 6.45) is 3.61. The summed E-state index contributed by atoms with van der Waals surface area (Å²) in [6.45, 7) is 29.7. The van der Waals surface area contributed by atoms with Crippen molar-refractivity contribution >= 4 is 76.6 Å². The van der Waals surface area contributed by atoms with Crippen molar-refractivity contribution in [1.82, 2.24) is 86.3 Å². The van der Waals surface area contributed by atoms with Gasteiger partial charge in [0.15, 0.2) is 11.5 Å². The molecule has 19 heteroatoms. The summed E-state index contributed by atoms with van der Waals surface area (Å²) in [4.78, 5) is 12.6. The lowest BCUT2D eigenvalue weighted by molar-refractivity contribution is 0.630. The largest absolute Gasteiger partial charge is 0.282 e. The van der Waals surface area contributed by atoms with Crippen molar-refractivity contribution in [3.63, 3.8) is 0 Å². The molecule has 80 heavy (non-hydrogen) atoms. The number of nitrogens with one attached hydrogen (secondary N) is 7. The second-order valence-electron chi connectivity index (χ2n) is 20.2. The van der Waals surface area contributed by atoms with E-state index in [9.17, 15) is 8.78 Å². The Kier molecular flexibility index (Phi) is 17.3. The Balaban J connectivity index is 0.000000123. The molecule has 14 rings (SSSR count). The van der Waals surface area contributed by atoms with E-state index in [1.54, 1.807) is 19.2 Å². The quantitative estimate of drug-likeness (QED) is 0.0758. The first kappa shape index (κ1) is 56.7. The van der Waals surface area contributed by atoms with Gasteiger partial charge < -0.3 is 0 Å². The number of aromatic amines is 7. The predicted molar refractivity (Wildman–Crippen MR) is 317 cm³/mol. The molecule has 0 aliphatic carbocycles. The predicted octanol–water partition coefficient (Wildman–Crippen LogP) is 14.0. The number of nitrogens with zero attached hydrogens (tertiary/aromatic N) is 10. The molecular weight excluding hydrogens is 1010 g/mol. The van der Waals surface area contributed by atoms with Gasteiger partial charge in [-0.05, 0) is 198 Å². The Labute approximate surface area is 461 Å². The Hall–Kier alpha value is -9.52. The van der Waals surface area contributed by atoms with Gasteiger partial charge in [-0.3, -0.25) is 40.7 Å². The lowest BCUT2D eigenvalue weighted by atomic mass is 10.1. The monoisotopic (exact) mass is 1080 g/mol. The van der Waals surface area contributed by atoms with E-state index >= 15 is 0 Å². The maximum Gasteiger partial charge on any atom is 0.181 e. The average molecular weight is 1080 g/mol. The Morgan fingerprint density at radius 2 is 0.850 bits per heavy atom. The Morgan fingerprint density at radius 3 is 1.59 bits per heavy atom. The third-order valence-electron chi connectivity index (χ3n) is 13.5. The standard InChI is InChI=1S/C10H12N2.2C9H9FN2.C9H10N2.3C8H9N3/c1-6-4-9-8(3)11-12-10(9)5-7(6)2;1-5-3-7-6(2)11-12-9(7)8(10)4-5;1-5-3-4-7-8(9(5)10)6(2)11-12-7;1-6-3-4-9-8(5-6)7(2)10-11-9;1-5-3-7-6(2)10-11-8(7)4-9-5;1-5-3-7-6(2)10-11-8(7)9-4-5;1-5-3-4-7-8(9-5)6(2)10-11-7/h4-5H,1-3H3,(H,11,12);2*3-4H,1-2H3,(H,11,12);3-5H,1-2H3,(H,10,11);3-4H,1-2H3,(H,10,11);3-4H,1-2H3,(H,9,10,11);3-4H,1-2H3,(H,10,11). The van der Waals surface area contributed by atoms with Crippen LogP contribution in [0.4, 0.5) is 8.78 Å². The Morgan fingerprint density at radius 1 is 0.325 bits per heavy atom. The first-order valence-corrected chi connectivity index (χ1v) is 26.0. The van der Waals surface area contributed by atoms with Crippen LogP contribution in [0, 0.1) is 115 Å². The number of pyridine rings is 3. The highest BCUT2D eigenvalue weighted by molar-refractivity contribution is 5.85. The number of hydrogen-bond acceptors (Lipinski definition) is 10. The molecule has 0 fully saturated rings. The van der Waals surface area contributed by atoms with Gasteiger partial charge in [0.25, 0.3) is 0 Å². The molecule has 7 N–H and O–H groups in total. The fraction of sp³-hybridized carbons (Fsp3) is 0.246. The summed E-state index contributed by atoms with van der Waals surface area (Å²) in [5.41, 5.74) is 22.8. The minimum Gasteiger partial charge on any atom is -0.282 e. The fourth-order valence-corrected chi connectivity index (χ4v) is 8.69. The van der Waals surface area contributed by atoms with Gasteiger partial charge in [0.1, 0.15) is 27.9 Å². The maximum absolute atomic E-state index is 13.4. The van der Waals surface area contributed by atoms with Gasteiger partial charge in [-0.25, -0.2) is 18.7 Å². The fourth-order valence-electron chi connectivity index (χ4n) is 8.69. The second-order valence-corrected chi connectivity index (χ2v) is 20.2. The topological polar surface area (TPSA) is 239 Å². The molecule has 4 aromatic carbocycles. The molecule has 0 saturated carbocycles. The van der Waals surface area contributed by atoms with E-state index < -0.39 is 0 Å². The summed E-state index contributed by atoms with van der Waals surface area (Å²) < 4.78 is 26.6. The van der Waals surface area contributed by atoms with Crippen LogP contribution in [0.25, 0.3) is 76.6 Å². The number of halogens is 2. The number of H-pyrrole nitrogens is 7. The number of benzene rings is 4. The first-order chi connectivity index (χ1) is 38.1. The Bertz CT molecular complexity index is 4120. The first-order valence-electron chi connectivity index (χ1n) is 26.0. The van der Waals surface area contributed by atoms with Gasteiger partial charge in [-0.15, -0.1) is 0 Å². The third-order valence-corrected chi connectivity index (χ3v) is 13.5. The zero-order chi connectivity index (χ0) is 57.5. The molecule has 0 amide bonds. The zero-order valence-electron chi connectivity index (χ0n) is 47.9. The molecule has 0 aliphatic rings. The van der Waals surface area contributed by atoms with Gasteiger partial charge in [0.2, 0.25) is 0 Å². The van der Waals surface area contributed by atoms with Crippen LogP contribution >= 0.6 is 0 Å². The number of hydrogen-bond donors (Lipinski definition) is 7. The number of fused-ring (bicyclic) bond motifs is 7. The van der Waals surface area contributed by atoms with E-state index in [0.29, 0.717) is 22.0 Å². The van der Waals surface area contributed by atoms with E-state index in [4.69, 9.17) is 0 Å². The van der Waals surface area contributed by atoms with Gasteiger partial charge in [-0.2, -0.15) is 35.7 Å². The summed E-state index contributed by atoms with van der Waals surface area (Å²) in [5, 5.41) is 54.7. The minimum absolute atomic E-state index is 0.168. The molecule has 0 bridgehead atoms. The molecule has 0 atom stereocenters. The van der Waals surface area contributed by atoms with Crippen LogP contribution in [0.3, 0.4) is 0 Å². The van der Waals surface area contributed by atoms with Crippen molar-refractivity contribution in [2.24, 2.45) is 0 Å². The zero-order valence-corrected chi connectivity index (χ0v) is 47.9. The van der Waals surface area contributed by atoms with Crippen LogP contribution in [0.15, 0.2) is 91.3 Å². The van der Waals surface area contributed by atoms with Crippen LogP contribution in [-0.4, -0.2) is 86.3 Å². The lowest BCUT2D eigenvalue weighted by Crippen LogP contribution is -1.83. The van der Waals surface area contributed by atoms with E-state index in [2.05, 4.69) is 137 Å². The highest BCUT2D eigenvalue weighted by atomic mass is 19.1. The number of rotatable bonds is 0. The van der Waals surface area contributed by atoms with Gasteiger partial charge in [0.05, 0.1) is 33.8 Å². The van der Waals surface area contributed by atoms with E-state index in [1.165, 1.54) is 39.1 Å². The molecule has 410 valence electrons. The molecule has 0 aliphatic heterocycles. The van der Waals surface area contributed by atoms with E-state index in [0.717, 1.165) is 106 Å². The van der Waals surface area contributed by atoms with Crippen molar-refractivity contribution in [3.05, 3.63) is 188 Å². The SMILES string of the molecule is Cc1cc(F)c2n[nH]c(C)c2c1.Cc1cc2c(C)[nH]nc2cn1.Cc1cc2n[nH]c(C)c2cc1C.Cc1ccc2n[nH]c(C)c2c1.Cc1ccc2n[nH]c(C)c2c1F.Cc1ccc2n[nH]c(C)c2n1.Cc1cnc2n[nH]c(C)c2c1.